The minimum absolute atomic E-state index is 0. The molecule has 4 aromatic rings. The molecule has 344 valence electrons. The Balaban J connectivity index is 0.000000232. The molecule has 1 saturated carbocycles. The summed E-state index contributed by atoms with van der Waals surface area (Å²) in [6.45, 7) is 19.2. The van der Waals surface area contributed by atoms with E-state index in [2.05, 4.69) is 64.1 Å². The van der Waals surface area contributed by atoms with Crippen LogP contribution in [-0.4, -0.2) is 69.0 Å². The van der Waals surface area contributed by atoms with Crippen LogP contribution in [0.3, 0.4) is 0 Å². The Morgan fingerprint density at radius 2 is 1.16 bits per heavy atom. The summed E-state index contributed by atoms with van der Waals surface area (Å²) in [6.07, 6.45) is 7.18. The van der Waals surface area contributed by atoms with Gasteiger partial charge in [-0.05, 0) is 150 Å². The van der Waals surface area contributed by atoms with Crippen LogP contribution in [0.5, 0.6) is 0 Å². The van der Waals surface area contributed by atoms with Crippen LogP contribution in [0, 0.1) is 29.1 Å². The van der Waals surface area contributed by atoms with Crippen molar-refractivity contribution in [3.63, 3.8) is 0 Å². The maximum atomic E-state index is 14.7. The van der Waals surface area contributed by atoms with Gasteiger partial charge >= 0.3 is 26.7 Å². The summed E-state index contributed by atoms with van der Waals surface area (Å²) < 4.78 is 59.7. The van der Waals surface area contributed by atoms with Crippen molar-refractivity contribution in [3.05, 3.63) is 116 Å². The molecule has 3 aliphatic rings. The Bertz CT molecular complexity index is 2120. The second-order valence-corrected chi connectivity index (χ2v) is 20.3. The van der Waals surface area contributed by atoms with Crippen molar-refractivity contribution in [3.8, 4) is 11.1 Å². The third kappa shape index (κ3) is 13.9. The van der Waals surface area contributed by atoms with Crippen LogP contribution >= 0.6 is 31.2 Å². The zero-order valence-electron chi connectivity index (χ0n) is 38.5. The van der Waals surface area contributed by atoms with Crippen molar-refractivity contribution in [2.24, 2.45) is 0 Å². The van der Waals surface area contributed by atoms with Crippen molar-refractivity contribution >= 4 is 68.7 Å². The second-order valence-electron chi connectivity index (χ2n) is 17.5. The molecule has 4 aromatic carbocycles. The number of hydrogen-bond donors (Lipinski definition) is 0. The second kappa shape index (κ2) is 23.7. The van der Waals surface area contributed by atoms with E-state index in [0.29, 0.717) is 9.13 Å². The number of aryl methyl sites for hydroxylation is 2. The fraction of sp³-hybridized carbons (Fsp3) is 0.458. The van der Waals surface area contributed by atoms with Crippen LogP contribution in [0.2, 0.25) is 0 Å². The number of esters is 2. The van der Waals surface area contributed by atoms with E-state index in [0.717, 1.165) is 19.8 Å². The quantitative estimate of drug-likeness (QED) is 0.0817. The van der Waals surface area contributed by atoms with Gasteiger partial charge in [0.05, 0.1) is 51.3 Å². The Morgan fingerprint density at radius 3 is 1.65 bits per heavy atom. The number of hydrogen-bond acceptors (Lipinski definition) is 8. The van der Waals surface area contributed by atoms with E-state index < -0.39 is 41.9 Å². The molecule has 0 N–H and O–H groups in total. The number of methoxy groups -OCH3 is 2. The van der Waals surface area contributed by atoms with Crippen molar-refractivity contribution < 1.29 is 63.5 Å². The zero-order chi connectivity index (χ0) is 46.0. The van der Waals surface area contributed by atoms with Crippen molar-refractivity contribution in [1.82, 2.24) is 0 Å². The van der Waals surface area contributed by atoms with Crippen LogP contribution in [-0.2, 0) is 45.2 Å². The molecular formula is C48H61B2CuF2IO8P. The summed E-state index contributed by atoms with van der Waals surface area (Å²) in [6, 6.07) is 26.0. The van der Waals surface area contributed by atoms with Gasteiger partial charge in [-0.15, -0.1) is 0 Å². The topological polar surface area (TPSA) is 89.5 Å². The molecular weight excluding hydrogens is 986 g/mol. The minimum Gasteiger partial charge on any atom is -0.465 e. The van der Waals surface area contributed by atoms with Crippen molar-refractivity contribution in [2.45, 2.75) is 129 Å². The van der Waals surface area contributed by atoms with Gasteiger partial charge in [0.1, 0.15) is 5.82 Å². The number of rotatable bonds is 6. The molecule has 8 nitrogen and oxygen atoms in total. The molecule has 2 aliphatic heterocycles. The predicted molar refractivity (Wildman–Crippen MR) is 256 cm³/mol. The van der Waals surface area contributed by atoms with Gasteiger partial charge in [0, 0.05) is 22.5 Å². The molecule has 2 heterocycles. The van der Waals surface area contributed by atoms with Gasteiger partial charge in [-0.25, -0.2) is 18.4 Å². The first-order chi connectivity index (χ1) is 29.1. The molecule has 0 amide bonds. The summed E-state index contributed by atoms with van der Waals surface area (Å²) >= 11 is 1.86. The standard InChI is InChI=1S/C18H21P.C15H20BFO4.C9H8FIO2.C6H12BO2.Cu/c1-3-9-15(10-4-1)17-13-7-8-14-18(17)19-16-11-5-2-6-12-16;1-9-7-8-10(13(18)19-6)12(17)11(9)16-20-14(2,3)15(4,5)21-16;1-5-3-4-6(9(12)13-2)7(10)8(5)11;1-5(2)6(3,4)9-7-8-5;/h1,3-4,7-10,13-14,16,19H,2,5-6,11-12H2;7-8H,1-6H3;3-4H,1-2H3;1-4H3;. The molecule has 7 rings (SSSR count). The fourth-order valence-electron chi connectivity index (χ4n) is 6.61. The van der Waals surface area contributed by atoms with Gasteiger partial charge in [0.2, 0.25) is 0 Å². The van der Waals surface area contributed by atoms with E-state index in [1.807, 2.05) is 78.0 Å². The van der Waals surface area contributed by atoms with E-state index in [1.165, 1.54) is 77.3 Å². The van der Waals surface area contributed by atoms with Crippen molar-refractivity contribution in [1.29, 1.82) is 0 Å². The van der Waals surface area contributed by atoms with E-state index in [-0.39, 0.29) is 44.9 Å². The van der Waals surface area contributed by atoms with Crippen LogP contribution in [0.15, 0.2) is 78.9 Å². The number of carbonyl (C=O) groups is 2. The Hall–Kier alpha value is -2.67. The normalized spacial score (nSPS) is 18.0. The van der Waals surface area contributed by atoms with Gasteiger partial charge in [-0.3, -0.25) is 0 Å². The molecule has 1 aliphatic carbocycles. The smallest absolute Gasteiger partial charge is 0.465 e. The summed E-state index contributed by atoms with van der Waals surface area (Å²) in [5, 5.41) is 1.56. The maximum Gasteiger partial charge on any atom is 0.498 e. The largest absolute Gasteiger partial charge is 0.498 e. The Morgan fingerprint density at radius 1 is 0.683 bits per heavy atom. The van der Waals surface area contributed by atoms with Gasteiger partial charge in [-0.2, -0.15) is 0 Å². The molecule has 2 radical (unpaired) electrons. The molecule has 1 unspecified atom stereocenters. The Kier molecular flexibility index (Phi) is 20.5. The van der Waals surface area contributed by atoms with Gasteiger partial charge < -0.3 is 28.1 Å². The molecule has 63 heavy (non-hydrogen) atoms. The molecule has 0 aromatic heterocycles. The third-order valence-electron chi connectivity index (χ3n) is 12.1. The first-order valence-electron chi connectivity index (χ1n) is 20.9. The average molecular weight is 1050 g/mol. The molecule has 15 heteroatoms. The van der Waals surface area contributed by atoms with E-state index >= 15 is 0 Å². The molecule has 1 atom stereocenters. The monoisotopic (exact) mass is 1050 g/mol. The average Bonchev–Trinajstić information content (AvgIpc) is 3.62. The summed E-state index contributed by atoms with van der Waals surface area (Å²) in [5.41, 5.74) is 3.80. The number of carbonyl (C=O) groups excluding carboxylic acids is 2. The van der Waals surface area contributed by atoms with E-state index in [4.69, 9.17) is 18.6 Å². The minimum atomic E-state index is -0.848. The molecule has 0 bridgehead atoms. The SMILES string of the molecule is CC1(C)O[B]OC1(C)C.COC(=O)c1ccc(C)c(B2OC(C)(C)C(C)(C)O2)c1F.COC(=O)c1ccc(C)c(I)c1F.[Cu].c1ccc(-c2ccccc2PC2CCCCC2)cc1. The molecule has 3 fully saturated rings. The van der Waals surface area contributed by atoms with Crippen molar-refractivity contribution in [2.75, 3.05) is 14.2 Å². The first kappa shape index (κ1) is 54.7. The summed E-state index contributed by atoms with van der Waals surface area (Å²) in [4.78, 5) is 22.7. The van der Waals surface area contributed by atoms with E-state index in [1.54, 1.807) is 31.3 Å². The van der Waals surface area contributed by atoms with Crippen LogP contribution in [0.25, 0.3) is 11.1 Å². The zero-order valence-corrected chi connectivity index (χ0v) is 42.6. The number of halogens is 3. The van der Waals surface area contributed by atoms with Gasteiger partial charge in [0.25, 0.3) is 0 Å². The maximum absolute atomic E-state index is 14.7. The predicted octanol–water partition coefficient (Wildman–Crippen LogP) is 10.9. The molecule has 0 spiro atoms. The number of ether oxygens (including phenoxy) is 2. The first-order valence-corrected chi connectivity index (χ1v) is 23.1. The molecule has 2 saturated heterocycles. The van der Waals surface area contributed by atoms with Crippen LogP contribution in [0.4, 0.5) is 8.78 Å². The Labute approximate surface area is 400 Å². The van der Waals surface area contributed by atoms with E-state index in [9.17, 15) is 18.4 Å². The summed E-state index contributed by atoms with van der Waals surface area (Å²) in [5.74, 6) is -2.52. The van der Waals surface area contributed by atoms with Gasteiger partial charge in [0.15, 0.2) is 5.82 Å². The van der Waals surface area contributed by atoms with Crippen LogP contribution < -0.4 is 10.8 Å². The summed E-state index contributed by atoms with van der Waals surface area (Å²) in [7, 11) is 4.00. The van der Waals surface area contributed by atoms with Gasteiger partial charge in [-0.1, -0.05) is 94.6 Å². The third-order valence-corrected chi connectivity index (χ3v) is 15.1. The van der Waals surface area contributed by atoms with Crippen LogP contribution in [0.1, 0.15) is 119 Å². The fourth-order valence-corrected chi connectivity index (χ4v) is 8.80. The number of benzene rings is 4.